The van der Waals surface area contributed by atoms with Crippen LogP contribution in [0.4, 0.5) is 34.1 Å². The Morgan fingerprint density at radius 2 is 0.610 bits per heavy atom. The molecular weight excluding hydrogens is 729 g/mol. The first-order valence-corrected chi connectivity index (χ1v) is 19.6. The van der Waals surface area contributed by atoms with Crippen LogP contribution < -0.4 is 28.7 Å². The number of benzene rings is 8. The van der Waals surface area contributed by atoms with Crippen LogP contribution in [0.3, 0.4) is 0 Å². The summed E-state index contributed by atoms with van der Waals surface area (Å²) in [6.07, 6.45) is 0. The minimum absolute atomic E-state index is 0.599. The number of ether oxygens (including phenoxy) is 4. The standard InChI is InChI=1S/C53H44N2O4/c1-56-45-17-9-13-41(33-45)54(42-14-10-18-46(34-42)57-2)39-29-25-37(26-30-39)53(51-23-7-5-21-49(51)50-22-6-8-24-52(50)53)38-27-31-40(32-28-38)55(43-15-11-19-47(35-43)58-3)44-16-12-20-48(36-44)59-4/h5-36H,1-4H3. The molecule has 0 spiro atoms. The van der Waals surface area contributed by atoms with Crippen molar-refractivity contribution in [1.29, 1.82) is 0 Å². The molecule has 8 aromatic carbocycles. The lowest BCUT2D eigenvalue weighted by atomic mass is 9.67. The van der Waals surface area contributed by atoms with E-state index >= 15 is 0 Å². The first-order chi connectivity index (χ1) is 29.0. The summed E-state index contributed by atoms with van der Waals surface area (Å²) in [7, 11) is 6.79. The Bertz CT molecular complexity index is 2460. The molecule has 0 bridgehead atoms. The van der Waals surface area contributed by atoms with Crippen LogP contribution >= 0.6 is 0 Å². The maximum Gasteiger partial charge on any atom is 0.120 e. The highest BCUT2D eigenvalue weighted by molar-refractivity contribution is 5.87. The van der Waals surface area contributed by atoms with Crippen LogP contribution in [-0.2, 0) is 5.41 Å². The molecule has 0 amide bonds. The van der Waals surface area contributed by atoms with Gasteiger partial charge in [0.1, 0.15) is 23.0 Å². The molecule has 1 aliphatic rings. The molecule has 9 rings (SSSR count). The fraction of sp³-hybridized carbons (Fsp3) is 0.0943. The highest BCUT2D eigenvalue weighted by atomic mass is 16.5. The highest BCUT2D eigenvalue weighted by Crippen LogP contribution is 2.56. The quantitative estimate of drug-likeness (QED) is 0.123. The summed E-state index contributed by atoms with van der Waals surface area (Å²) >= 11 is 0. The van der Waals surface area contributed by atoms with Crippen LogP contribution in [0.25, 0.3) is 11.1 Å². The van der Waals surface area contributed by atoms with Crippen LogP contribution in [0.1, 0.15) is 22.3 Å². The molecule has 0 unspecified atom stereocenters. The van der Waals surface area contributed by atoms with E-state index in [1.807, 2.05) is 48.5 Å². The normalized spacial score (nSPS) is 12.2. The van der Waals surface area contributed by atoms with Gasteiger partial charge in [0.25, 0.3) is 0 Å². The second-order valence-corrected chi connectivity index (χ2v) is 14.4. The molecule has 0 aromatic heterocycles. The van der Waals surface area contributed by atoms with Gasteiger partial charge in [0.2, 0.25) is 0 Å². The van der Waals surface area contributed by atoms with Crippen molar-refractivity contribution in [3.8, 4) is 34.1 Å². The lowest BCUT2D eigenvalue weighted by molar-refractivity contribution is 0.414. The van der Waals surface area contributed by atoms with E-state index in [-0.39, 0.29) is 0 Å². The average Bonchev–Trinajstić information content (AvgIpc) is 3.61. The zero-order valence-electron chi connectivity index (χ0n) is 33.5. The zero-order valence-corrected chi connectivity index (χ0v) is 33.5. The van der Waals surface area contributed by atoms with E-state index in [2.05, 4.69) is 155 Å². The fourth-order valence-electron chi connectivity index (χ4n) is 8.64. The number of fused-ring (bicyclic) bond motifs is 3. The first-order valence-electron chi connectivity index (χ1n) is 19.6. The van der Waals surface area contributed by atoms with E-state index < -0.39 is 5.41 Å². The third-order valence-electron chi connectivity index (χ3n) is 11.3. The van der Waals surface area contributed by atoms with Crippen molar-refractivity contribution in [1.82, 2.24) is 0 Å². The summed E-state index contributed by atoms with van der Waals surface area (Å²) in [5.74, 6) is 3.13. The molecule has 0 saturated heterocycles. The van der Waals surface area contributed by atoms with Gasteiger partial charge in [-0.1, -0.05) is 97.1 Å². The number of hydrogen-bond donors (Lipinski definition) is 0. The van der Waals surface area contributed by atoms with Gasteiger partial charge in [-0.25, -0.2) is 0 Å². The Kier molecular flexibility index (Phi) is 9.97. The van der Waals surface area contributed by atoms with Crippen LogP contribution in [0.5, 0.6) is 23.0 Å². The van der Waals surface area contributed by atoms with Crippen molar-refractivity contribution in [3.05, 3.63) is 216 Å². The van der Waals surface area contributed by atoms with Crippen molar-refractivity contribution in [2.24, 2.45) is 0 Å². The zero-order chi connectivity index (χ0) is 40.3. The monoisotopic (exact) mass is 772 g/mol. The third-order valence-corrected chi connectivity index (χ3v) is 11.3. The smallest absolute Gasteiger partial charge is 0.120 e. The van der Waals surface area contributed by atoms with Gasteiger partial charge in [0, 0.05) is 58.4 Å². The summed E-state index contributed by atoms with van der Waals surface area (Å²) < 4.78 is 22.7. The largest absolute Gasteiger partial charge is 0.497 e. The van der Waals surface area contributed by atoms with Gasteiger partial charge >= 0.3 is 0 Å². The molecule has 0 N–H and O–H groups in total. The topological polar surface area (TPSA) is 43.4 Å². The Morgan fingerprint density at radius 3 is 0.915 bits per heavy atom. The molecule has 6 heteroatoms. The SMILES string of the molecule is COc1cccc(N(c2ccc(C3(c4ccc(N(c5cccc(OC)c5)c5cccc(OC)c5)cc4)c4ccccc4-c4ccccc43)cc2)c2cccc(OC)c2)c1. The molecule has 0 heterocycles. The van der Waals surface area contributed by atoms with Gasteiger partial charge in [0.05, 0.1) is 33.9 Å². The van der Waals surface area contributed by atoms with Gasteiger partial charge in [-0.15, -0.1) is 0 Å². The van der Waals surface area contributed by atoms with Gasteiger partial charge in [-0.05, 0) is 106 Å². The predicted molar refractivity (Wildman–Crippen MR) is 239 cm³/mol. The van der Waals surface area contributed by atoms with E-state index in [0.717, 1.165) is 57.1 Å². The molecule has 0 atom stereocenters. The third kappa shape index (κ3) is 6.58. The average molecular weight is 773 g/mol. The molecule has 290 valence electrons. The first kappa shape index (κ1) is 37.2. The summed E-state index contributed by atoms with van der Waals surface area (Å²) in [6.45, 7) is 0. The number of hydrogen-bond acceptors (Lipinski definition) is 6. The summed E-state index contributed by atoms with van der Waals surface area (Å²) in [4.78, 5) is 4.47. The van der Waals surface area contributed by atoms with E-state index in [1.54, 1.807) is 28.4 Å². The number of methoxy groups -OCH3 is 4. The molecular formula is C53H44N2O4. The Hall–Kier alpha value is -7.44. The summed E-state index contributed by atoms with van der Waals surface area (Å²) in [6, 6.07) is 68.3. The molecule has 6 nitrogen and oxygen atoms in total. The van der Waals surface area contributed by atoms with Gasteiger partial charge < -0.3 is 28.7 Å². The summed E-state index contributed by atoms with van der Waals surface area (Å²) in [5.41, 5.74) is 12.6. The van der Waals surface area contributed by atoms with E-state index in [9.17, 15) is 0 Å². The minimum atomic E-state index is -0.599. The van der Waals surface area contributed by atoms with E-state index in [0.29, 0.717) is 0 Å². The highest BCUT2D eigenvalue weighted by Gasteiger charge is 2.46. The van der Waals surface area contributed by atoms with Crippen molar-refractivity contribution in [3.63, 3.8) is 0 Å². The molecule has 8 aromatic rings. The number of nitrogens with zero attached hydrogens (tertiary/aromatic N) is 2. The molecule has 0 fully saturated rings. The fourth-order valence-corrected chi connectivity index (χ4v) is 8.64. The molecule has 0 aliphatic heterocycles. The van der Waals surface area contributed by atoms with Crippen molar-refractivity contribution in [2.75, 3.05) is 38.2 Å². The van der Waals surface area contributed by atoms with Gasteiger partial charge in [0.15, 0.2) is 0 Å². The Balaban J connectivity index is 1.21. The molecule has 0 saturated carbocycles. The molecule has 1 aliphatic carbocycles. The van der Waals surface area contributed by atoms with E-state index in [1.165, 1.54) is 33.4 Å². The lowest BCUT2D eigenvalue weighted by Crippen LogP contribution is -2.28. The maximum atomic E-state index is 5.67. The maximum absolute atomic E-state index is 5.67. The predicted octanol–water partition coefficient (Wildman–Crippen LogP) is 13.0. The Labute approximate surface area is 346 Å². The Morgan fingerprint density at radius 1 is 0.305 bits per heavy atom. The van der Waals surface area contributed by atoms with Crippen LogP contribution in [0, 0.1) is 0 Å². The van der Waals surface area contributed by atoms with Crippen molar-refractivity contribution in [2.45, 2.75) is 5.41 Å². The molecule has 0 radical (unpaired) electrons. The van der Waals surface area contributed by atoms with Crippen LogP contribution in [-0.4, -0.2) is 28.4 Å². The number of rotatable bonds is 12. The van der Waals surface area contributed by atoms with Crippen LogP contribution in [0.2, 0.25) is 0 Å². The van der Waals surface area contributed by atoms with Gasteiger partial charge in [-0.2, -0.15) is 0 Å². The van der Waals surface area contributed by atoms with Crippen molar-refractivity contribution >= 4 is 34.1 Å². The lowest BCUT2D eigenvalue weighted by Gasteiger charge is -2.35. The number of anilines is 6. The second-order valence-electron chi connectivity index (χ2n) is 14.4. The summed E-state index contributed by atoms with van der Waals surface area (Å²) in [5, 5.41) is 0. The van der Waals surface area contributed by atoms with Crippen LogP contribution in [0.15, 0.2) is 194 Å². The van der Waals surface area contributed by atoms with Gasteiger partial charge in [-0.3, -0.25) is 0 Å². The minimum Gasteiger partial charge on any atom is -0.497 e. The van der Waals surface area contributed by atoms with Crippen molar-refractivity contribution < 1.29 is 18.9 Å². The molecule has 59 heavy (non-hydrogen) atoms. The second kappa shape index (κ2) is 15.8. The van der Waals surface area contributed by atoms with E-state index in [4.69, 9.17) is 18.9 Å².